The highest BCUT2D eigenvalue weighted by atomic mass is 15.3. The second-order valence-electron chi connectivity index (χ2n) is 9.94. The van der Waals surface area contributed by atoms with Gasteiger partial charge in [0.1, 0.15) is 0 Å². The SMILES string of the molecule is CN1C(=N/C(=C/c2ccccc2)c2ccccc2)N=C(c2ccccc2)C(c2ccccc2)C1c1ccccc1. The molecule has 3 heteroatoms. The highest BCUT2D eigenvalue weighted by Crippen LogP contribution is 2.41. The molecule has 1 heterocycles. The fourth-order valence-corrected chi connectivity index (χ4v) is 5.38. The van der Waals surface area contributed by atoms with Crippen molar-refractivity contribution in [2.24, 2.45) is 9.98 Å². The molecule has 2 atom stereocenters. The quantitative estimate of drug-likeness (QED) is 0.208. The zero-order chi connectivity index (χ0) is 27.1. The van der Waals surface area contributed by atoms with Crippen molar-refractivity contribution in [1.29, 1.82) is 0 Å². The lowest BCUT2D eigenvalue weighted by Crippen LogP contribution is -2.42. The highest BCUT2D eigenvalue weighted by Gasteiger charge is 2.38. The standard InChI is InChI=1S/C37H31N3/c1-40-36(32-25-15-6-16-26-32)34(30-21-11-4-12-22-30)35(31-23-13-5-14-24-31)39-37(40)38-33(29-19-9-3-10-20-29)27-28-17-7-2-8-18-28/h2-27,34,36H,1H3/b33-27+,38-37?. The van der Waals surface area contributed by atoms with Gasteiger partial charge < -0.3 is 4.90 Å². The van der Waals surface area contributed by atoms with Gasteiger partial charge in [-0.3, -0.25) is 0 Å². The second-order valence-corrected chi connectivity index (χ2v) is 9.94. The lowest BCUT2D eigenvalue weighted by molar-refractivity contribution is 0.344. The van der Waals surface area contributed by atoms with Gasteiger partial charge >= 0.3 is 0 Å². The Morgan fingerprint density at radius 1 is 0.625 bits per heavy atom. The topological polar surface area (TPSA) is 28.0 Å². The minimum Gasteiger partial charge on any atom is -0.336 e. The molecule has 0 amide bonds. The smallest absolute Gasteiger partial charge is 0.226 e. The third-order valence-corrected chi connectivity index (χ3v) is 7.33. The maximum atomic E-state index is 5.33. The van der Waals surface area contributed by atoms with Crippen molar-refractivity contribution in [2.45, 2.75) is 12.0 Å². The van der Waals surface area contributed by atoms with E-state index in [0.29, 0.717) is 5.96 Å². The summed E-state index contributed by atoms with van der Waals surface area (Å²) in [7, 11) is 2.11. The van der Waals surface area contributed by atoms with Crippen LogP contribution in [0.15, 0.2) is 162 Å². The van der Waals surface area contributed by atoms with Gasteiger partial charge in [0, 0.05) is 12.6 Å². The third-order valence-electron chi connectivity index (χ3n) is 7.33. The monoisotopic (exact) mass is 517 g/mol. The van der Waals surface area contributed by atoms with E-state index < -0.39 is 0 Å². The molecule has 6 rings (SSSR count). The van der Waals surface area contributed by atoms with Crippen LogP contribution in [0, 0.1) is 0 Å². The van der Waals surface area contributed by atoms with Crippen LogP contribution in [0.4, 0.5) is 0 Å². The van der Waals surface area contributed by atoms with Crippen LogP contribution in [0.3, 0.4) is 0 Å². The van der Waals surface area contributed by atoms with Crippen LogP contribution in [0.25, 0.3) is 11.8 Å². The summed E-state index contributed by atoms with van der Waals surface area (Å²) >= 11 is 0. The first-order valence-electron chi connectivity index (χ1n) is 13.7. The second kappa shape index (κ2) is 11.8. The summed E-state index contributed by atoms with van der Waals surface area (Å²) in [4.78, 5) is 12.8. The maximum Gasteiger partial charge on any atom is 0.226 e. The summed E-state index contributed by atoms with van der Waals surface area (Å²) in [6, 6.07) is 52.6. The largest absolute Gasteiger partial charge is 0.336 e. The van der Waals surface area contributed by atoms with Crippen LogP contribution in [-0.2, 0) is 0 Å². The van der Waals surface area contributed by atoms with Gasteiger partial charge in [-0.25, -0.2) is 9.98 Å². The van der Waals surface area contributed by atoms with Gasteiger partial charge in [0.15, 0.2) is 0 Å². The first-order valence-corrected chi connectivity index (χ1v) is 13.7. The first-order chi connectivity index (χ1) is 19.8. The molecule has 0 N–H and O–H groups in total. The Hall–Kier alpha value is -5.02. The first kappa shape index (κ1) is 25.3. The maximum absolute atomic E-state index is 5.33. The van der Waals surface area contributed by atoms with Gasteiger partial charge in [-0.2, -0.15) is 0 Å². The molecule has 0 saturated heterocycles. The van der Waals surface area contributed by atoms with Crippen molar-refractivity contribution in [3.63, 3.8) is 0 Å². The zero-order valence-electron chi connectivity index (χ0n) is 22.5. The number of hydrogen-bond donors (Lipinski definition) is 0. The fraction of sp³-hybridized carbons (Fsp3) is 0.0811. The van der Waals surface area contributed by atoms with Crippen LogP contribution in [0.2, 0.25) is 0 Å². The molecule has 0 fully saturated rings. The summed E-state index contributed by atoms with van der Waals surface area (Å²) in [5, 5.41) is 0. The molecule has 0 aliphatic carbocycles. The van der Waals surface area contributed by atoms with Crippen LogP contribution in [0.1, 0.15) is 39.8 Å². The van der Waals surface area contributed by atoms with Crippen molar-refractivity contribution in [3.05, 3.63) is 179 Å². The van der Waals surface area contributed by atoms with E-state index in [1.54, 1.807) is 0 Å². The Morgan fingerprint density at radius 2 is 1.12 bits per heavy atom. The van der Waals surface area contributed by atoms with Crippen molar-refractivity contribution in [1.82, 2.24) is 4.90 Å². The summed E-state index contributed by atoms with van der Waals surface area (Å²) in [5.41, 5.74) is 7.59. The molecule has 5 aromatic carbocycles. The molecular formula is C37H31N3. The van der Waals surface area contributed by atoms with E-state index in [-0.39, 0.29) is 12.0 Å². The average molecular weight is 518 g/mol. The summed E-state index contributed by atoms with van der Waals surface area (Å²) in [5.74, 6) is 0.708. The van der Waals surface area contributed by atoms with Crippen molar-refractivity contribution in [2.75, 3.05) is 7.05 Å². The molecule has 0 spiro atoms. The number of hydrogen-bond acceptors (Lipinski definition) is 1. The van der Waals surface area contributed by atoms with Gasteiger partial charge in [0.05, 0.1) is 23.4 Å². The van der Waals surface area contributed by atoms with Gasteiger partial charge in [-0.1, -0.05) is 152 Å². The normalized spacial score (nSPS) is 18.4. The molecule has 0 bridgehead atoms. The van der Waals surface area contributed by atoms with E-state index >= 15 is 0 Å². The van der Waals surface area contributed by atoms with Crippen LogP contribution in [-0.4, -0.2) is 23.6 Å². The number of guanidine groups is 1. The van der Waals surface area contributed by atoms with Crippen molar-refractivity contribution in [3.8, 4) is 0 Å². The highest BCUT2D eigenvalue weighted by molar-refractivity contribution is 6.13. The molecule has 0 saturated carbocycles. The average Bonchev–Trinajstić information content (AvgIpc) is 3.03. The molecule has 3 nitrogen and oxygen atoms in total. The molecule has 0 aromatic heterocycles. The number of nitrogens with zero attached hydrogens (tertiary/aromatic N) is 3. The van der Waals surface area contributed by atoms with Crippen molar-refractivity contribution >= 4 is 23.4 Å². The molecule has 1 aliphatic heterocycles. The Labute approximate surface area is 236 Å². The van der Waals surface area contributed by atoms with Gasteiger partial charge in [-0.15, -0.1) is 0 Å². The van der Waals surface area contributed by atoms with Gasteiger partial charge in [0.2, 0.25) is 5.96 Å². The summed E-state index contributed by atoms with van der Waals surface area (Å²) in [6.45, 7) is 0. The predicted molar refractivity (Wildman–Crippen MR) is 167 cm³/mol. The summed E-state index contributed by atoms with van der Waals surface area (Å²) < 4.78 is 0. The Kier molecular flexibility index (Phi) is 7.45. The molecule has 1 aliphatic rings. The number of benzene rings is 5. The number of likely N-dealkylation sites (N-methyl/N-ethyl adjacent to an activating group) is 1. The van der Waals surface area contributed by atoms with E-state index in [1.165, 1.54) is 11.1 Å². The fourth-order valence-electron chi connectivity index (χ4n) is 5.38. The predicted octanol–water partition coefficient (Wildman–Crippen LogP) is 8.50. The molecule has 0 radical (unpaired) electrons. The number of rotatable bonds is 6. The van der Waals surface area contributed by atoms with E-state index in [4.69, 9.17) is 9.98 Å². The molecule has 2 unspecified atom stereocenters. The van der Waals surface area contributed by atoms with E-state index in [2.05, 4.69) is 158 Å². The molecule has 194 valence electrons. The van der Waals surface area contributed by atoms with Crippen molar-refractivity contribution < 1.29 is 0 Å². The Balaban J connectivity index is 1.59. The van der Waals surface area contributed by atoms with E-state index in [9.17, 15) is 0 Å². The van der Waals surface area contributed by atoms with Crippen LogP contribution in [0.5, 0.6) is 0 Å². The van der Waals surface area contributed by atoms with Crippen LogP contribution >= 0.6 is 0 Å². The lowest BCUT2D eigenvalue weighted by Gasteiger charge is -2.40. The van der Waals surface area contributed by atoms with Gasteiger partial charge in [-0.05, 0) is 28.3 Å². The zero-order valence-corrected chi connectivity index (χ0v) is 22.5. The Morgan fingerprint density at radius 3 is 1.73 bits per heavy atom. The minimum absolute atomic E-state index is 0.00352. The van der Waals surface area contributed by atoms with Crippen LogP contribution < -0.4 is 0 Å². The Bertz CT molecular complexity index is 1630. The molecule has 40 heavy (non-hydrogen) atoms. The molecule has 5 aromatic rings. The lowest BCUT2D eigenvalue weighted by atomic mass is 9.79. The van der Waals surface area contributed by atoms with E-state index in [0.717, 1.165) is 28.1 Å². The minimum atomic E-state index is 0.00352. The molecular weight excluding hydrogens is 486 g/mol. The van der Waals surface area contributed by atoms with Gasteiger partial charge in [0.25, 0.3) is 0 Å². The third kappa shape index (κ3) is 5.41. The number of aliphatic imine (C=N–C) groups is 2. The van der Waals surface area contributed by atoms with E-state index in [1.807, 2.05) is 12.1 Å². The summed E-state index contributed by atoms with van der Waals surface area (Å²) in [6.07, 6.45) is 2.13.